The summed E-state index contributed by atoms with van der Waals surface area (Å²) >= 11 is 0. The number of unbranched alkanes of at least 4 members (excludes halogenated alkanes) is 2. The fourth-order valence-corrected chi connectivity index (χ4v) is 13.9. The van der Waals surface area contributed by atoms with Crippen LogP contribution in [0.1, 0.15) is 175 Å². The van der Waals surface area contributed by atoms with Crippen LogP contribution in [0.2, 0.25) is 0 Å². The molecule has 1 aliphatic carbocycles. The van der Waals surface area contributed by atoms with Crippen LogP contribution in [0.15, 0.2) is 66.7 Å². The van der Waals surface area contributed by atoms with Gasteiger partial charge in [-0.05, 0) is 104 Å². The summed E-state index contributed by atoms with van der Waals surface area (Å²) in [7, 11) is 6.34. The lowest BCUT2D eigenvalue weighted by Crippen LogP contribution is -2.54. The SMILES string of the molecule is CO[C@H]([C@@H](C)C(=O)C[C@H](C)[C@@H](O)c1ccccc1)[C@@H]1CCCN1C(=O)C[C@@H](OC)[C@H](C1CCCC1)N(C)C(=O)[C@@H](CC(=O)[C@H](C(C)C)N(C)C(=O)OCc1ccc(NC(=O)C(CCCNC(N)=O)CC(=O)[C@@H](NC(=O)CCCCCN2C(=O)C=CC2=O)C(C)C)cc1)C(C)C. The van der Waals surface area contributed by atoms with Crippen LogP contribution in [-0.2, 0) is 64.0 Å². The second-order valence-electron chi connectivity index (χ2n) is 27.4. The maximum Gasteiger partial charge on any atom is 0.410 e. The van der Waals surface area contributed by atoms with Gasteiger partial charge >= 0.3 is 12.1 Å². The van der Waals surface area contributed by atoms with E-state index in [4.69, 9.17) is 19.9 Å². The highest BCUT2D eigenvalue weighted by atomic mass is 16.6. The maximum absolute atomic E-state index is 15.0. The number of carbonyl (C=O) groups excluding carboxylic acids is 11. The number of carbonyl (C=O) groups is 11. The van der Waals surface area contributed by atoms with Gasteiger partial charge in [-0.2, -0.15) is 0 Å². The third kappa shape index (κ3) is 22.9. The molecule has 2 fully saturated rings. The van der Waals surface area contributed by atoms with E-state index in [-0.39, 0.29) is 141 Å². The van der Waals surface area contributed by atoms with Gasteiger partial charge in [0.1, 0.15) is 12.4 Å². The first kappa shape index (κ1) is 78.3. The number of benzene rings is 2. The van der Waals surface area contributed by atoms with Crippen LogP contribution < -0.4 is 21.7 Å². The Morgan fingerprint density at radius 1 is 0.705 bits per heavy atom. The Kier molecular flexibility index (Phi) is 31.7. The normalized spacial score (nSPS) is 18.2. The molecule has 9 amide bonds. The van der Waals surface area contributed by atoms with E-state index in [2.05, 4.69) is 16.0 Å². The Balaban J connectivity index is 1.18. The van der Waals surface area contributed by atoms with Crippen molar-refractivity contribution in [1.82, 2.24) is 30.2 Å². The van der Waals surface area contributed by atoms with Gasteiger partial charge < -0.3 is 55.7 Å². The smallest absolute Gasteiger partial charge is 0.410 e. The summed E-state index contributed by atoms with van der Waals surface area (Å²) in [4.78, 5) is 154. The molecule has 1 unspecified atom stereocenters. The highest BCUT2D eigenvalue weighted by Gasteiger charge is 2.45. The standard InChI is InChI=1S/C72H108N8O15/c1-44(2)54(70(90)77(9)66(50-23-18-19-24-50)59(93-11)42-63(87)79-38-22-28-55(79)68(94-12)48(8)56(81)39-47(7)67(88)51-25-15-13-16-26-51)41-58(83)65(46(5)6)78(10)72(92)95-43-49-30-32-53(33-31-49)75-69(89)52(27-21-36-74-71(73)91)40-57(82)64(45(3)4)76-60(84)29-17-14-20-37-80-61(85)34-35-62(80)86/h13,15-16,25-26,30-35,44-48,50,52,54-55,59,64-68,88H,14,17-24,27-29,36-43H2,1-12H3,(H,75,89)(H,76,84)(H3,73,74,91)/t47-,48-,52?,54-,55-,59+,64-,65-,66-,67+,68+/m0/s1. The Morgan fingerprint density at radius 2 is 1.36 bits per heavy atom. The Bertz CT molecular complexity index is 2920. The highest BCUT2D eigenvalue weighted by molar-refractivity contribution is 6.12. The van der Waals surface area contributed by atoms with Crippen molar-refractivity contribution in [2.75, 3.05) is 53.3 Å². The number of rotatable bonds is 40. The quantitative estimate of drug-likeness (QED) is 0.0308. The third-order valence-corrected chi connectivity index (χ3v) is 19.4. The van der Waals surface area contributed by atoms with Crippen molar-refractivity contribution in [2.24, 2.45) is 53.1 Å². The van der Waals surface area contributed by atoms with E-state index in [0.717, 1.165) is 42.6 Å². The van der Waals surface area contributed by atoms with E-state index in [0.29, 0.717) is 49.9 Å². The number of imide groups is 1. The molecule has 5 rings (SSSR count). The summed E-state index contributed by atoms with van der Waals surface area (Å²) in [5.41, 5.74) is 6.96. The number of aliphatic hydroxyl groups excluding tert-OH is 1. The molecular formula is C72H108N8O15. The molecular weight excluding hydrogens is 1220 g/mol. The lowest BCUT2D eigenvalue weighted by molar-refractivity contribution is -0.149. The van der Waals surface area contributed by atoms with E-state index in [1.807, 2.05) is 71.9 Å². The van der Waals surface area contributed by atoms with Crippen LogP contribution in [0.25, 0.3) is 0 Å². The molecule has 526 valence electrons. The van der Waals surface area contributed by atoms with Crippen LogP contribution in [0.4, 0.5) is 15.3 Å². The number of nitrogens with one attached hydrogen (secondary N) is 3. The Morgan fingerprint density at radius 3 is 1.95 bits per heavy atom. The zero-order valence-electron chi connectivity index (χ0n) is 58.2. The van der Waals surface area contributed by atoms with Gasteiger partial charge in [-0.25, -0.2) is 9.59 Å². The largest absolute Gasteiger partial charge is 0.445 e. The topological polar surface area (TPSA) is 311 Å². The van der Waals surface area contributed by atoms with Crippen LogP contribution in [-0.4, -0.2) is 174 Å². The van der Waals surface area contributed by atoms with Crippen LogP contribution in [0.5, 0.6) is 0 Å². The molecule has 6 N–H and O–H groups in total. The predicted octanol–water partition coefficient (Wildman–Crippen LogP) is 8.49. The number of nitrogens with two attached hydrogens (primary N) is 1. The van der Waals surface area contributed by atoms with Crippen LogP contribution in [0, 0.1) is 47.3 Å². The van der Waals surface area contributed by atoms with E-state index in [9.17, 15) is 53.1 Å². The summed E-state index contributed by atoms with van der Waals surface area (Å²) in [5, 5.41) is 19.3. The van der Waals surface area contributed by atoms with Gasteiger partial charge in [-0.3, -0.25) is 48.1 Å². The number of hydrogen-bond acceptors (Lipinski definition) is 15. The third-order valence-electron chi connectivity index (χ3n) is 19.4. The fraction of sp³-hybridized carbons (Fsp3) is 0.653. The first-order chi connectivity index (χ1) is 45.1. The predicted molar refractivity (Wildman–Crippen MR) is 359 cm³/mol. The molecule has 2 aromatic carbocycles. The lowest BCUT2D eigenvalue weighted by atomic mass is 9.83. The number of primary amides is 1. The maximum atomic E-state index is 15.0. The van der Waals surface area contributed by atoms with Gasteiger partial charge in [0, 0.05) is 109 Å². The first-order valence-electron chi connectivity index (χ1n) is 34.2. The first-order valence-corrected chi connectivity index (χ1v) is 34.2. The second kappa shape index (κ2) is 38.4. The minimum atomic E-state index is -0.957. The molecule has 0 aromatic heterocycles. The minimum Gasteiger partial charge on any atom is -0.445 e. The number of likely N-dealkylation sites (tertiary alicyclic amines) is 1. The van der Waals surface area contributed by atoms with Gasteiger partial charge in [-0.1, -0.05) is 117 Å². The number of Topliss-reactive ketones (excluding diaryl/α,β-unsaturated/α-hetero) is 3. The van der Waals surface area contributed by atoms with E-state index in [1.165, 1.54) is 24.1 Å². The number of amides is 9. The number of ketones is 3. The van der Waals surface area contributed by atoms with Crippen molar-refractivity contribution < 1.29 is 72.1 Å². The van der Waals surface area contributed by atoms with Gasteiger partial charge in [0.2, 0.25) is 23.6 Å². The van der Waals surface area contributed by atoms with Gasteiger partial charge in [0.25, 0.3) is 11.8 Å². The number of urea groups is 1. The zero-order valence-corrected chi connectivity index (χ0v) is 58.2. The number of ether oxygens (including phenoxy) is 3. The molecule has 2 heterocycles. The summed E-state index contributed by atoms with van der Waals surface area (Å²) in [5.74, 6) is -6.18. The zero-order chi connectivity index (χ0) is 70.2. The molecule has 1 saturated carbocycles. The van der Waals surface area contributed by atoms with Crippen LogP contribution in [0.3, 0.4) is 0 Å². The average Bonchev–Trinajstić information content (AvgIpc) is 1.79. The Labute approximate surface area is 562 Å². The lowest BCUT2D eigenvalue weighted by Gasteiger charge is -2.41. The summed E-state index contributed by atoms with van der Waals surface area (Å²) in [6, 6.07) is 12.4. The molecule has 2 aromatic rings. The number of hydrogen-bond donors (Lipinski definition) is 5. The highest BCUT2D eigenvalue weighted by Crippen LogP contribution is 2.37. The molecule has 2 aliphatic heterocycles. The number of aliphatic hydroxyl groups is 1. The number of nitrogens with zero attached hydrogens (tertiary/aromatic N) is 4. The molecule has 1 saturated heterocycles. The van der Waals surface area contributed by atoms with Crippen molar-refractivity contribution in [2.45, 2.75) is 207 Å². The van der Waals surface area contributed by atoms with E-state index < -0.39 is 72.2 Å². The van der Waals surface area contributed by atoms with Crippen LogP contribution >= 0.6 is 0 Å². The number of methoxy groups -OCH3 is 2. The Hall–Kier alpha value is -7.37. The summed E-state index contributed by atoms with van der Waals surface area (Å²) in [6.45, 7) is 15.4. The van der Waals surface area contributed by atoms with Crippen molar-refractivity contribution in [3.8, 4) is 0 Å². The second-order valence-corrected chi connectivity index (χ2v) is 27.4. The van der Waals surface area contributed by atoms with Gasteiger partial charge in [0.15, 0.2) is 11.6 Å². The minimum absolute atomic E-state index is 0.0202. The van der Waals surface area contributed by atoms with E-state index in [1.54, 1.807) is 69.2 Å². The van der Waals surface area contributed by atoms with Crippen molar-refractivity contribution in [3.05, 3.63) is 77.9 Å². The molecule has 23 heteroatoms. The fourth-order valence-electron chi connectivity index (χ4n) is 13.9. The summed E-state index contributed by atoms with van der Waals surface area (Å²) in [6.07, 6.45) is 6.46. The molecule has 23 nitrogen and oxygen atoms in total. The molecule has 3 aliphatic rings. The van der Waals surface area contributed by atoms with Crippen molar-refractivity contribution in [1.29, 1.82) is 0 Å². The van der Waals surface area contributed by atoms with Crippen molar-refractivity contribution in [3.63, 3.8) is 0 Å². The number of anilines is 1. The molecule has 0 bridgehead atoms. The molecule has 11 atom stereocenters. The average molecular weight is 1330 g/mol. The van der Waals surface area contributed by atoms with Crippen molar-refractivity contribution >= 4 is 70.6 Å². The molecule has 0 radical (unpaired) electrons. The van der Waals surface area contributed by atoms with Gasteiger partial charge in [-0.15, -0.1) is 0 Å². The number of likely N-dealkylation sites (N-methyl/N-ethyl adjacent to an activating group) is 2. The van der Waals surface area contributed by atoms with E-state index >= 15 is 4.79 Å². The van der Waals surface area contributed by atoms with Gasteiger partial charge in [0.05, 0.1) is 48.9 Å². The molecule has 0 spiro atoms. The summed E-state index contributed by atoms with van der Waals surface area (Å²) < 4.78 is 18.0. The molecule has 95 heavy (non-hydrogen) atoms. The monoisotopic (exact) mass is 1320 g/mol.